The van der Waals surface area contributed by atoms with E-state index < -0.39 is 0 Å². The average molecular weight is 426 g/mol. The number of nitrogens with zero attached hydrogens (tertiary/aromatic N) is 3. The Morgan fingerprint density at radius 3 is 2.70 bits per heavy atom. The van der Waals surface area contributed by atoms with Crippen molar-refractivity contribution in [2.75, 3.05) is 39.2 Å². The highest BCUT2D eigenvalue weighted by Gasteiger charge is 2.20. The summed E-state index contributed by atoms with van der Waals surface area (Å²) in [6.07, 6.45) is 1.32. The molecule has 0 aliphatic carbocycles. The first-order chi connectivity index (χ1) is 12.6. The molecule has 0 aliphatic rings. The first-order valence-corrected chi connectivity index (χ1v) is 10.2. The molecule has 0 bridgehead atoms. The first-order valence-electron chi connectivity index (χ1n) is 8.49. The van der Waals surface area contributed by atoms with E-state index in [1.54, 1.807) is 18.4 Å². The van der Waals surface area contributed by atoms with Gasteiger partial charge in [0.2, 0.25) is 5.91 Å². The third-order valence-electron chi connectivity index (χ3n) is 4.01. The van der Waals surface area contributed by atoms with Crippen molar-refractivity contribution in [1.82, 2.24) is 9.88 Å². The number of ether oxygens (including phenoxy) is 1. The van der Waals surface area contributed by atoms with Crippen molar-refractivity contribution in [1.29, 1.82) is 0 Å². The lowest BCUT2D eigenvalue weighted by molar-refractivity contribution is -0.118. The number of amides is 1. The maximum absolute atomic E-state index is 12.9. The molecule has 0 saturated heterocycles. The summed E-state index contributed by atoms with van der Waals surface area (Å²) in [4.78, 5) is 22.7. The van der Waals surface area contributed by atoms with Crippen molar-refractivity contribution >= 4 is 56.3 Å². The summed E-state index contributed by atoms with van der Waals surface area (Å²) in [5.74, 6) is 0.897. The zero-order valence-corrected chi connectivity index (χ0v) is 18.1. The lowest BCUT2D eigenvalue weighted by Crippen LogP contribution is -2.34. The van der Waals surface area contributed by atoms with E-state index in [2.05, 4.69) is 4.90 Å². The van der Waals surface area contributed by atoms with Gasteiger partial charge in [0.1, 0.15) is 5.75 Å². The number of hydrogen-bond donors (Lipinski definition) is 0. The van der Waals surface area contributed by atoms with Crippen molar-refractivity contribution in [2.24, 2.45) is 0 Å². The summed E-state index contributed by atoms with van der Waals surface area (Å²) in [5.41, 5.74) is 0.896. The smallest absolute Gasteiger partial charge is 0.234 e. The molecule has 0 atom stereocenters. The van der Waals surface area contributed by atoms with Crippen LogP contribution in [-0.2, 0) is 11.2 Å². The summed E-state index contributed by atoms with van der Waals surface area (Å²) in [7, 11) is 5.74. The topological polar surface area (TPSA) is 45.7 Å². The van der Waals surface area contributed by atoms with Gasteiger partial charge in [-0.3, -0.25) is 9.69 Å². The van der Waals surface area contributed by atoms with Gasteiger partial charge in [-0.25, -0.2) is 4.98 Å². The molecule has 8 heteroatoms. The Balaban J connectivity index is 0.00000261. The molecule has 5 nitrogen and oxygen atoms in total. The second kappa shape index (κ2) is 10.0. The first kappa shape index (κ1) is 21.6. The monoisotopic (exact) mass is 425 g/mol. The number of hydrogen-bond acceptors (Lipinski definition) is 6. The minimum Gasteiger partial charge on any atom is -0.497 e. The predicted molar refractivity (Wildman–Crippen MR) is 117 cm³/mol. The normalized spacial score (nSPS) is 10.8. The van der Waals surface area contributed by atoms with Crippen LogP contribution in [0.4, 0.5) is 5.13 Å². The van der Waals surface area contributed by atoms with Crippen LogP contribution in [0.2, 0.25) is 0 Å². The molecule has 0 radical (unpaired) electrons. The molecule has 1 amide bonds. The third kappa shape index (κ3) is 5.65. The largest absolute Gasteiger partial charge is 0.497 e. The molecule has 1 aromatic carbocycles. The van der Waals surface area contributed by atoms with Crippen LogP contribution in [0.25, 0.3) is 10.2 Å². The van der Waals surface area contributed by atoms with Gasteiger partial charge >= 0.3 is 0 Å². The second-order valence-electron chi connectivity index (χ2n) is 6.29. The van der Waals surface area contributed by atoms with Gasteiger partial charge in [-0.05, 0) is 56.7 Å². The van der Waals surface area contributed by atoms with E-state index in [-0.39, 0.29) is 18.3 Å². The number of thiophene rings is 1. The molecule has 146 valence electrons. The van der Waals surface area contributed by atoms with Crippen LogP contribution in [0, 0.1) is 0 Å². The Hall–Kier alpha value is -1.67. The van der Waals surface area contributed by atoms with E-state index in [4.69, 9.17) is 9.72 Å². The Kier molecular flexibility index (Phi) is 8.04. The highest BCUT2D eigenvalue weighted by atomic mass is 35.5. The molecule has 27 heavy (non-hydrogen) atoms. The lowest BCUT2D eigenvalue weighted by Gasteiger charge is -2.20. The van der Waals surface area contributed by atoms with Crippen molar-refractivity contribution in [3.05, 3.63) is 40.6 Å². The molecule has 3 rings (SSSR count). The number of halogens is 1. The summed E-state index contributed by atoms with van der Waals surface area (Å²) >= 11 is 3.15. The van der Waals surface area contributed by atoms with Crippen LogP contribution in [-0.4, -0.2) is 50.1 Å². The minimum absolute atomic E-state index is 0. The molecule has 3 aromatic rings. The fourth-order valence-corrected chi connectivity index (χ4v) is 4.40. The minimum atomic E-state index is 0. The van der Waals surface area contributed by atoms with Crippen molar-refractivity contribution < 1.29 is 9.53 Å². The van der Waals surface area contributed by atoms with Crippen LogP contribution in [0.3, 0.4) is 0 Å². The summed E-state index contributed by atoms with van der Waals surface area (Å²) < 4.78 is 6.32. The third-order valence-corrected chi connectivity index (χ3v) is 5.93. The highest BCUT2D eigenvalue weighted by Crippen LogP contribution is 2.32. The van der Waals surface area contributed by atoms with E-state index in [0.29, 0.717) is 13.0 Å². The number of anilines is 1. The number of rotatable bonds is 8. The number of carbonyl (C=O) groups excluding carboxylic acids is 1. The molecule has 0 unspecified atom stereocenters. The number of fused-ring (bicyclic) bond motifs is 1. The van der Waals surface area contributed by atoms with Crippen LogP contribution >= 0.6 is 35.1 Å². The Morgan fingerprint density at radius 2 is 2.04 bits per heavy atom. The van der Waals surface area contributed by atoms with Gasteiger partial charge in [0.25, 0.3) is 0 Å². The zero-order valence-electron chi connectivity index (χ0n) is 15.7. The Labute approximate surface area is 174 Å². The van der Waals surface area contributed by atoms with E-state index in [1.165, 1.54) is 11.3 Å². The summed E-state index contributed by atoms with van der Waals surface area (Å²) in [5, 5.41) is 2.76. The maximum atomic E-state index is 12.9. The molecule has 2 aromatic heterocycles. The van der Waals surface area contributed by atoms with Gasteiger partial charge in [-0.2, -0.15) is 0 Å². The van der Waals surface area contributed by atoms with Gasteiger partial charge in [0.05, 0.1) is 23.7 Å². The van der Waals surface area contributed by atoms with Gasteiger partial charge in [0.15, 0.2) is 5.13 Å². The predicted octanol–water partition coefficient (Wildman–Crippen LogP) is 4.32. The maximum Gasteiger partial charge on any atom is 0.234 e. The average Bonchev–Trinajstić information content (AvgIpc) is 3.26. The van der Waals surface area contributed by atoms with Gasteiger partial charge in [-0.1, -0.05) is 17.4 Å². The standard InChI is InChI=1S/C19H23N3O2S2.ClH/c1-21(2)9-5-10-22(18(23)13-15-6-4-11-25-15)19-20-16-8-7-14(24-3)12-17(16)26-19;/h4,6-8,11-12H,5,9-10,13H2,1-3H3;1H. The van der Waals surface area contributed by atoms with Crippen LogP contribution in [0.1, 0.15) is 11.3 Å². The van der Waals surface area contributed by atoms with E-state index >= 15 is 0 Å². The Bertz CT molecular complexity index is 865. The van der Waals surface area contributed by atoms with E-state index in [9.17, 15) is 4.79 Å². The number of methoxy groups -OCH3 is 1. The van der Waals surface area contributed by atoms with Gasteiger partial charge in [0, 0.05) is 11.4 Å². The molecule has 2 heterocycles. The molecule has 0 fully saturated rings. The van der Waals surface area contributed by atoms with Gasteiger partial charge < -0.3 is 9.64 Å². The fraction of sp³-hybridized carbons (Fsp3) is 0.368. The number of thiazole rings is 1. The molecule has 0 N–H and O–H groups in total. The van der Waals surface area contributed by atoms with E-state index in [0.717, 1.165) is 38.9 Å². The van der Waals surface area contributed by atoms with Crippen LogP contribution in [0.5, 0.6) is 5.75 Å². The molecule has 0 spiro atoms. The van der Waals surface area contributed by atoms with Crippen molar-refractivity contribution in [3.63, 3.8) is 0 Å². The summed E-state index contributed by atoms with van der Waals surface area (Å²) in [6.45, 7) is 1.60. The van der Waals surface area contributed by atoms with Crippen molar-refractivity contribution in [3.8, 4) is 5.75 Å². The molecule has 0 saturated carbocycles. The van der Waals surface area contributed by atoms with Crippen LogP contribution in [0.15, 0.2) is 35.7 Å². The number of benzene rings is 1. The molecule has 0 aliphatic heterocycles. The Morgan fingerprint density at radius 1 is 1.22 bits per heavy atom. The molecular weight excluding hydrogens is 402 g/mol. The second-order valence-corrected chi connectivity index (χ2v) is 8.33. The fourth-order valence-electron chi connectivity index (χ4n) is 2.66. The van der Waals surface area contributed by atoms with E-state index in [1.807, 2.05) is 54.7 Å². The van der Waals surface area contributed by atoms with Crippen LogP contribution < -0.4 is 9.64 Å². The lowest BCUT2D eigenvalue weighted by atomic mass is 10.3. The zero-order chi connectivity index (χ0) is 18.5. The summed E-state index contributed by atoms with van der Waals surface area (Å²) in [6, 6.07) is 9.79. The SMILES string of the molecule is COc1ccc2nc(N(CCCN(C)C)C(=O)Cc3cccs3)sc2c1.Cl. The van der Waals surface area contributed by atoms with Crippen molar-refractivity contribution in [2.45, 2.75) is 12.8 Å². The number of carbonyl (C=O) groups is 1. The molecular formula is C19H24ClN3O2S2. The van der Waals surface area contributed by atoms with Gasteiger partial charge in [-0.15, -0.1) is 23.7 Å². The highest BCUT2D eigenvalue weighted by molar-refractivity contribution is 7.22. The number of aromatic nitrogens is 1. The quantitative estimate of drug-likeness (QED) is 0.539.